The molecular formula is C34H29F3N2O4. The molecule has 0 N–H and O–H groups in total. The first kappa shape index (κ1) is 27.3. The molecule has 1 fully saturated rings. The highest BCUT2D eigenvalue weighted by molar-refractivity contribution is 5.97. The third kappa shape index (κ3) is 4.50. The Morgan fingerprint density at radius 1 is 0.907 bits per heavy atom. The van der Waals surface area contributed by atoms with Gasteiger partial charge in [0.05, 0.1) is 24.3 Å². The summed E-state index contributed by atoms with van der Waals surface area (Å²) in [5.41, 5.74) is 2.61. The molecule has 7 rings (SSSR count). The van der Waals surface area contributed by atoms with Crippen LogP contribution in [0, 0.1) is 0 Å². The molecule has 3 heterocycles. The summed E-state index contributed by atoms with van der Waals surface area (Å²) in [4.78, 5) is 17.3. The molecule has 220 valence electrons. The number of alkyl halides is 3. The predicted octanol–water partition coefficient (Wildman–Crippen LogP) is 7.35. The quantitative estimate of drug-likeness (QED) is 0.228. The van der Waals surface area contributed by atoms with Crippen LogP contribution in [-0.4, -0.2) is 38.4 Å². The average Bonchev–Trinajstić information content (AvgIpc) is 3.32. The highest BCUT2D eigenvalue weighted by Gasteiger charge is 2.53. The number of esters is 1. The number of fused-ring (bicyclic) bond motifs is 6. The minimum atomic E-state index is -4.39. The van der Waals surface area contributed by atoms with Gasteiger partial charge in [0.1, 0.15) is 17.7 Å². The molecule has 1 spiro atoms. The van der Waals surface area contributed by atoms with Crippen LogP contribution in [0.15, 0.2) is 91.0 Å². The highest BCUT2D eigenvalue weighted by Crippen LogP contribution is 2.56. The second-order valence-electron chi connectivity index (χ2n) is 10.9. The first-order valence-electron chi connectivity index (χ1n) is 14.3. The molecule has 0 aromatic heterocycles. The molecule has 0 amide bonds. The van der Waals surface area contributed by atoms with Crippen molar-refractivity contribution in [2.75, 3.05) is 36.0 Å². The van der Waals surface area contributed by atoms with E-state index in [0.29, 0.717) is 49.0 Å². The molecule has 6 nitrogen and oxygen atoms in total. The van der Waals surface area contributed by atoms with Crippen LogP contribution in [0.5, 0.6) is 11.5 Å². The number of nitrogens with zero attached hydrogens (tertiary/aromatic N) is 2. The van der Waals surface area contributed by atoms with Gasteiger partial charge in [-0.3, -0.25) is 0 Å². The Hall–Kier alpha value is -4.50. The lowest BCUT2D eigenvalue weighted by Crippen LogP contribution is -2.51. The number of morpholine rings is 1. The smallest absolute Gasteiger partial charge is 0.416 e. The van der Waals surface area contributed by atoms with Crippen molar-refractivity contribution >= 4 is 17.3 Å². The maximum Gasteiger partial charge on any atom is 0.416 e. The van der Waals surface area contributed by atoms with Crippen LogP contribution in [0.4, 0.5) is 24.5 Å². The molecule has 1 saturated heterocycles. The van der Waals surface area contributed by atoms with E-state index in [4.69, 9.17) is 14.2 Å². The van der Waals surface area contributed by atoms with Crippen LogP contribution >= 0.6 is 0 Å². The number of carbonyl (C=O) groups is 1. The van der Waals surface area contributed by atoms with Gasteiger partial charge >= 0.3 is 12.1 Å². The van der Waals surface area contributed by atoms with Gasteiger partial charge in [0.2, 0.25) is 0 Å². The Morgan fingerprint density at radius 3 is 2.40 bits per heavy atom. The largest absolute Gasteiger partial charge is 0.456 e. The SMILES string of the molecule is CCCN(c1ccc(C(F)(F)F)cc1)C1CN(c2ccc3c(c2)Oc2ccccc2C32OC(=O)c3ccccc32)CCO1. The van der Waals surface area contributed by atoms with E-state index in [2.05, 4.69) is 4.90 Å². The molecule has 3 aliphatic rings. The molecule has 3 aliphatic heterocycles. The minimum absolute atomic E-state index is 0.364. The monoisotopic (exact) mass is 586 g/mol. The fraction of sp³-hybridized carbons (Fsp3) is 0.265. The minimum Gasteiger partial charge on any atom is -0.456 e. The van der Waals surface area contributed by atoms with E-state index in [1.165, 1.54) is 12.1 Å². The molecule has 0 aliphatic carbocycles. The van der Waals surface area contributed by atoms with E-state index < -0.39 is 17.3 Å². The van der Waals surface area contributed by atoms with Crippen molar-refractivity contribution in [3.63, 3.8) is 0 Å². The van der Waals surface area contributed by atoms with Crippen molar-refractivity contribution in [2.24, 2.45) is 0 Å². The van der Waals surface area contributed by atoms with Crippen LogP contribution < -0.4 is 14.5 Å². The van der Waals surface area contributed by atoms with Gasteiger partial charge < -0.3 is 24.0 Å². The Morgan fingerprint density at radius 2 is 1.63 bits per heavy atom. The third-order valence-corrected chi connectivity index (χ3v) is 8.35. The van der Waals surface area contributed by atoms with Gasteiger partial charge in [0.25, 0.3) is 0 Å². The third-order valence-electron chi connectivity index (χ3n) is 8.35. The molecule has 0 radical (unpaired) electrons. The molecule has 2 atom stereocenters. The summed E-state index contributed by atoms with van der Waals surface area (Å²) in [6, 6.07) is 26.2. The van der Waals surface area contributed by atoms with Crippen molar-refractivity contribution in [3.8, 4) is 11.5 Å². The maximum absolute atomic E-state index is 13.2. The lowest BCUT2D eigenvalue weighted by molar-refractivity contribution is -0.137. The van der Waals surface area contributed by atoms with Crippen molar-refractivity contribution in [1.82, 2.24) is 0 Å². The highest BCUT2D eigenvalue weighted by atomic mass is 19.4. The molecule has 4 aromatic rings. The number of hydrogen-bond acceptors (Lipinski definition) is 6. The predicted molar refractivity (Wildman–Crippen MR) is 156 cm³/mol. The van der Waals surface area contributed by atoms with Crippen LogP contribution in [0.3, 0.4) is 0 Å². The normalized spacial score (nSPS) is 20.6. The van der Waals surface area contributed by atoms with Gasteiger partial charge in [-0.2, -0.15) is 13.2 Å². The first-order valence-corrected chi connectivity index (χ1v) is 14.3. The summed E-state index contributed by atoms with van der Waals surface area (Å²) in [5.74, 6) is 0.836. The average molecular weight is 587 g/mol. The van der Waals surface area contributed by atoms with Gasteiger partial charge in [-0.25, -0.2) is 4.79 Å². The molecule has 2 unspecified atom stereocenters. The number of para-hydroxylation sites is 1. The van der Waals surface area contributed by atoms with Crippen molar-refractivity contribution in [3.05, 3.63) is 119 Å². The summed E-state index contributed by atoms with van der Waals surface area (Å²) in [7, 11) is 0. The number of benzene rings is 4. The van der Waals surface area contributed by atoms with Crippen LogP contribution in [0.25, 0.3) is 0 Å². The summed E-state index contributed by atoms with van der Waals surface area (Å²) >= 11 is 0. The first-order chi connectivity index (χ1) is 20.8. The van der Waals surface area contributed by atoms with E-state index in [1.807, 2.05) is 72.5 Å². The van der Waals surface area contributed by atoms with E-state index >= 15 is 0 Å². The van der Waals surface area contributed by atoms with E-state index in [9.17, 15) is 18.0 Å². The number of rotatable bonds is 5. The van der Waals surface area contributed by atoms with E-state index in [0.717, 1.165) is 40.9 Å². The fourth-order valence-corrected chi connectivity index (χ4v) is 6.39. The van der Waals surface area contributed by atoms with Gasteiger partial charge in [0, 0.05) is 47.2 Å². The Labute approximate surface area is 247 Å². The lowest BCUT2D eigenvalue weighted by atomic mass is 9.77. The zero-order valence-electron chi connectivity index (χ0n) is 23.4. The zero-order chi connectivity index (χ0) is 29.8. The number of hydrogen-bond donors (Lipinski definition) is 0. The van der Waals surface area contributed by atoms with E-state index in [1.54, 1.807) is 6.07 Å². The maximum atomic E-state index is 13.2. The van der Waals surface area contributed by atoms with Gasteiger partial charge in [-0.1, -0.05) is 43.3 Å². The second-order valence-corrected chi connectivity index (χ2v) is 10.9. The summed E-state index contributed by atoms with van der Waals surface area (Å²) in [6.45, 7) is 4.23. The molecule has 4 aromatic carbocycles. The number of anilines is 2. The van der Waals surface area contributed by atoms with Crippen LogP contribution in [0.1, 0.15) is 46.0 Å². The molecule has 43 heavy (non-hydrogen) atoms. The topological polar surface area (TPSA) is 51.2 Å². The number of carbonyl (C=O) groups excluding carboxylic acids is 1. The van der Waals surface area contributed by atoms with Crippen molar-refractivity contribution < 1.29 is 32.2 Å². The van der Waals surface area contributed by atoms with Gasteiger partial charge in [0.15, 0.2) is 5.60 Å². The zero-order valence-corrected chi connectivity index (χ0v) is 23.4. The number of ether oxygens (including phenoxy) is 3. The number of halogens is 3. The standard InChI is InChI=1S/C34H29F3N2O4/c1-2-17-39(23-13-11-22(12-14-23)34(35,36)37)31-21-38(18-19-41-31)24-15-16-28-30(20-24)42-29-10-6-5-9-27(29)33(28)26-8-4-3-7-25(26)32(40)43-33/h3-16,20,31H,2,17-19,21H2,1H3. The van der Waals surface area contributed by atoms with Crippen molar-refractivity contribution in [2.45, 2.75) is 31.3 Å². The summed E-state index contributed by atoms with van der Waals surface area (Å²) in [5, 5.41) is 0. The molecule has 9 heteroatoms. The molecular weight excluding hydrogens is 557 g/mol. The van der Waals surface area contributed by atoms with E-state index in [-0.39, 0.29) is 12.2 Å². The Balaban J connectivity index is 1.22. The lowest BCUT2D eigenvalue weighted by Gasteiger charge is -2.42. The van der Waals surface area contributed by atoms with Crippen molar-refractivity contribution in [1.29, 1.82) is 0 Å². The summed E-state index contributed by atoms with van der Waals surface area (Å²) < 4.78 is 58.3. The van der Waals surface area contributed by atoms with Crippen LogP contribution in [-0.2, 0) is 21.3 Å². The molecule has 0 saturated carbocycles. The summed E-state index contributed by atoms with van der Waals surface area (Å²) in [6.07, 6.45) is -3.95. The fourth-order valence-electron chi connectivity index (χ4n) is 6.39. The Bertz CT molecular complexity index is 1690. The Kier molecular flexibility index (Phi) is 6.58. The van der Waals surface area contributed by atoms with Gasteiger partial charge in [-0.05, 0) is 55.0 Å². The second kappa shape index (κ2) is 10.3. The van der Waals surface area contributed by atoms with Gasteiger partial charge in [-0.15, -0.1) is 0 Å². The molecule has 0 bridgehead atoms. The van der Waals surface area contributed by atoms with Crippen LogP contribution in [0.2, 0.25) is 0 Å².